The van der Waals surface area contributed by atoms with E-state index < -0.39 is 0 Å². The van der Waals surface area contributed by atoms with Crippen LogP contribution in [-0.4, -0.2) is 13.1 Å². The van der Waals surface area contributed by atoms with Crippen molar-refractivity contribution >= 4 is 0 Å². The minimum Gasteiger partial charge on any atom is -0.662 e. The molecule has 48 valence electrons. The standard InChI is InChI=1S/C6H12N.W/c1-2-4-6-7-5-3-1;/h1-6H2;/q-1;. The summed E-state index contributed by atoms with van der Waals surface area (Å²) in [4.78, 5) is 0. The van der Waals surface area contributed by atoms with E-state index >= 15 is 0 Å². The van der Waals surface area contributed by atoms with Gasteiger partial charge in [-0.05, 0) is 0 Å². The SMILES string of the molecule is C1CCC[N-]CC1.[W]. The molecule has 0 N–H and O–H groups in total. The van der Waals surface area contributed by atoms with Gasteiger partial charge in [-0.2, -0.15) is 0 Å². The van der Waals surface area contributed by atoms with Crippen LogP contribution in [0.3, 0.4) is 0 Å². The Bertz CT molecular complexity index is 28.1. The van der Waals surface area contributed by atoms with Crippen LogP contribution < -0.4 is 0 Å². The number of hydrogen-bond acceptors (Lipinski definition) is 0. The Morgan fingerprint density at radius 1 is 0.750 bits per heavy atom. The van der Waals surface area contributed by atoms with Crippen LogP contribution in [-0.2, 0) is 21.1 Å². The van der Waals surface area contributed by atoms with Gasteiger partial charge in [0.15, 0.2) is 0 Å². The van der Waals surface area contributed by atoms with Gasteiger partial charge in [-0.25, -0.2) is 0 Å². The first-order valence-electron chi connectivity index (χ1n) is 3.13. The topological polar surface area (TPSA) is 14.1 Å². The molecule has 1 saturated heterocycles. The molecule has 1 aliphatic heterocycles. The molecular formula is C6H12NW-. The van der Waals surface area contributed by atoms with Gasteiger partial charge in [0.05, 0.1) is 0 Å². The molecule has 0 bridgehead atoms. The van der Waals surface area contributed by atoms with E-state index in [1.807, 2.05) is 0 Å². The van der Waals surface area contributed by atoms with Crippen LogP contribution in [0, 0.1) is 0 Å². The molecule has 0 unspecified atom stereocenters. The summed E-state index contributed by atoms with van der Waals surface area (Å²) in [5, 5.41) is 4.27. The summed E-state index contributed by atoms with van der Waals surface area (Å²) in [5.74, 6) is 0. The predicted molar refractivity (Wildman–Crippen MR) is 31.6 cm³/mol. The van der Waals surface area contributed by atoms with E-state index in [9.17, 15) is 0 Å². The maximum Gasteiger partial charge on any atom is 0 e. The van der Waals surface area contributed by atoms with E-state index in [0.717, 1.165) is 13.1 Å². The molecule has 1 heterocycles. The first-order valence-corrected chi connectivity index (χ1v) is 3.13. The van der Waals surface area contributed by atoms with E-state index in [1.54, 1.807) is 0 Å². The average molecular weight is 282 g/mol. The van der Waals surface area contributed by atoms with Crippen LogP contribution in [0.2, 0.25) is 0 Å². The average Bonchev–Trinajstić information content (AvgIpc) is 1.90. The maximum atomic E-state index is 4.27. The molecule has 0 atom stereocenters. The summed E-state index contributed by atoms with van der Waals surface area (Å²) in [6.07, 6.45) is 5.48. The first-order chi connectivity index (χ1) is 3.50. The molecule has 0 spiro atoms. The van der Waals surface area contributed by atoms with Crippen molar-refractivity contribution in [3.63, 3.8) is 0 Å². The number of hydrogen-bond donors (Lipinski definition) is 0. The summed E-state index contributed by atoms with van der Waals surface area (Å²) >= 11 is 0. The Balaban J connectivity index is 0.000000490. The van der Waals surface area contributed by atoms with E-state index in [0.29, 0.717) is 0 Å². The van der Waals surface area contributed by atoms with Crippen molar-refractivity contribution in [2.45, 2.75) is 25.7 Å². The van der Waals surface area contributed by atoms with Gasteiger partial charge in [0, 0.05) is 21.1 Å². The van der Waals surface area contributed by atoms with Crippen LogP contribution in [0.25, 0.3) is 5.32 Å². The molecule has 1 aliphatic rings. The summed E-state index contributed by atoms with van der Waals surface area (Å²) in [6, 6.07) is 0. The molecular weight excluding hydrogens is 270 g/mol. The third-order valence-corrected chi connectivity index (χ3v) is 1.38. The van der Waals surface area contributed by atoms with Crippen molar-refractivity contribution in [2.24, 2.45) is 0 Å². The second-order valence-corrected chi connectivity index (χ2v) is 2.09. The quantitative estimate of drug-likeness (QED) is 0.644. The van der Waals surface area contributed by atoms with Crippen molar-refractivity contribution in [3.05, 3.63) is 5.32 Å². The first kappa shape index (κ1) is 8.65. The minimum atomic E-state index is 0. The normalized spacial score (nSPS) is 21.0. The summed E-state index contributed by atoms with van der Waals surface area (Å²) in [6.45, 7) is 2.25. The van der Waals surface area contributed by atoms with Crippen molar-refractivity contribution in [1.29, 1.82) is 0 Å². The molecule has 0 aromatic carbocycles. The minimum absolute atomic E-state index is 0. The fraction of sp³-hybridized carbons (Fsp3) is 1.00. The smallest absolute Gasteiger partial charge is 0 e. The molecule has 1 fully saturated rings. The summed E-state index contributed by atoms with van der Waals surface area (Å²) in [7, 11) is 0. The fourth-order valence-corrected chi connectivity index (χ4v) is 0.913. The molecule has 0 radical (unpaired) electrons. The van der Waals surface area contributed by atoms with Crippen molar-refractivity contribution in [2.75, 3.05) is 13.1 Å². The van der Waals surface area contributed by atoms with Gasteiger partial charge in [0.25, 0.3) is 0 Å². The van der Waals surface area contributed by atoms with E-state index in [2.05, 4.69) is 5.32 Å². The van der Waals surface area contributed by atoms with Crippen LogP contribution in [0.4, 0.5) is 0 Å². The van der Waals surface area contributed by atoms with Crippen LogP contribution in [0.15, 0.2) is 0 Å². The zero-order valence-electron chi connectivity index (χ0n) is 5.10. The van der Waals surface area contributed by atoms with E-state index in [1.165, 1.54) is 25.7 Å². The van der Waals surface area contributed by atoms with Gasteiger partial charge in [0.1, 0.15) is 0 Å². The third-order valence-electron chi connectivity index (χ3n) is 1.38. The van der Waals surface area contributed by atoms with Gasteiger partial charge in [-0.1, -0.05) is 25.7 Å². The zero-order chi connectivity index (χ0) is 4.95. The Morgan fingerprint density at radius 3 is 1.75 bits per heavy atom. The fourth-order valence-electron chi connectivity index (χ4n) is 0.913. The summed E-state index contributed by atoms with van der Waals surface area (Å²) < 4.78 is 0. The molecule has 8 heavy (non-hydrogen) atoms. The van der Waals surface area contributed by atoms with Gasteiger partial charge in [-0.3, -0.25) is 0 Å². The van der Waals surface area contributed by atoms with Crippen molar-refractivity contribution in [3.8, 4) is 0 Å². The molecule has 0 aromatic rings. The third kappa shape index (κ3) is 3.63. The Labute approximate surface area is 65.5 Å². The Morgan fingerprint density at radius 2 is 1.25 bits per heavy atom. The molecule has 0 aliphatic carbocycles. The van der Waals surface area contributed by atoms with Gasteiger partial charge in [-0.15, -0.1) is 13.1 Å². The Hall–Kier alpha value is 0.648. The van der Waals surface area contributed by atoms with Crippen LogP contribution >= 0.6 is 0 Å². The van der Waals surface area contributed by atoms with Gasteiger partial charge >= 0.3 is 0 Å². The van der Waals surface area contributed by atoms with E-state index in [4.69, 9.17) is 0 Å². The molecule has 1 rings (SSSR count). The van der Waals surface area contributed by atoms with Gasteiger partial charge in [0.2, 0.25) is 0 Å². The monoisotopic (exact) mass is 282 g/mol. The number of nitrogens with zero attached hydrogens (tertiary/aromatic N) is 1. The zero-order valence-corrected chi connectivity index (χ0v) is 8.03. The van der Waals surface area contributed by atoms with Crippen LogP contribution in [0.5, 0.6) is 0 Å². The summed E-state index contributed by atoms with van der Waals surface area (Å²) in [5.41, 5.74) is 0. The van der Waals surface area contributed by atoms with E-state index in [-0.39, 0.29) is 21.1 Å². The van der Waals surface area contributed by atoms with Crippen molar-refractivity contribution < 1.29 is 21.1 Å². The maximum absolute atomic E-state index is 4.27. The second kappa shape index (κ2) is 5.78. The van der Waals surface area contributed by atoms with Gasteiger partial charge < -0.3 is 5.32 Å². The van der Waals surface area contributed by atoms with Crippen LogP contribution in [0.1, 0.15) is 25.7 Å². The van der Waals surface area contributed by atoms with Crippen molar-refractivity contribution in [1.82, 2.24) is 0 Å². The Kier molecular flexibility index (Phi) is 6.25. The predicted octanol–water partition coefficient (Wildman–Crippen LogP) is 1.93. The largest absolute Gasteiger partial charge is 0.662 e. The molecule has 0 aromatic heterocycles. The molecule has 0 amide bonds. The number of rotatable bonds is 0. The molecule has 2 heteroatoms. The second-order valence-electron chi connectivity index (χ2n) is 2.09. The molecule has 1 nitrogen and oxygen atoms in total. The molecule has 0 saturated carbocycles.